The van der Waals surface area contributed by atoms with E-state index in [9.17, 15) is 4.79 Å². The number of benzene rings is 1. The van der Waals surface area contributed by atoms with E-state index in [0.717, 1.165) is 64.2 Å². The van der Waals surface area contributed by atoms with Crippen molar-refractivity contribution >= 4 is 11.9 Å². The number of guanidine groups is 1. The summed E-state index contributed by atoms with van der Waals surface area (Å²) in [5.74, 6) is 1.01. The Labute approximate surface area is 182 Å². The molecule has 30 heavy (non-hydrogen) atoms. The molecule has 1 heterocycles. The lowest BCUT2D eigenvalue weighted by Crippen LogP contribution is -2.52. The van der Waals surface area contributed by atoms with E-state index in [1.807, 2.05) is 7.05 Å². The predicted octanol–water partition coefficient (Wildman–Crippen LogP) is 2.90. The Morgan fingerprint density at radius 3 is 2.33 bits per heavy atom. The summed E-state index contributed by atoms with van der Waals surface area (Å²) in [6, 6.07) is 11.2. The molecular weight excluding hydrogens is 374 g/mol. The molecule has 1 amide bonds. The summed E-state index contributed by atoms with van der Waals surface area (Å²) in [5.41, 5.74) is 1.49. The van der Waals surface area contributed by atoms with Crippen LogP contribution in [0.2, 0.25) is 0 Å². The second-order valence-corrected chi connectivity index (χ2v) is 8.32. The number of carbonyl (C=O) groups excluding carboxylic acids is 1. The van der Waals surface area contributed by atoms with Crippen LogP contribution in [0.15, 0.2) is 35.3 Å². The Balaban J connectivity index is 1.83. The number of hydrogen-bond donors (Lipinski definition) is 3. The minimum atomic E-state index is 0.105. The van der Waals surface area contributed by atoms with E-state index >= 15 is 0 Å². The molecule has 0 aromatic heterocycles. The van der Waals surface area contributed by atoms with Crippen molar-refractivity contribution in [3.63, 3.8) is 0 Å². The molecule has 0 radical (unpaired) electrons. The highest BCUT2D eigenvalue weighted by atomic mass is 16.2. The average Bonchev–Trinajstić information content (AvgIpc) is 2.79. The Bertz CT molecular complexity index is 649. The van der Waals surface area contributed by atoms with Crippen LogP contribution in [-0.2, 0) is 10.2 Å². The van der Waals surface area contributed by atoms with Gasteiger partial charge in [0.25, 0.3) is 0 Å². The highest BCUT2D eigenvalue weighted by molar-refractivity contribution is 5.80. The highest BCUT2D eigenvalue weighted by Crippen LogP contribution is 2.30. The van der Waals surface area contributed by atoms with E-state index in [1.165, 1.54) is 5.56 Å². The molecule has 1 aliphatic heterocycles. The number of carbonyl (C=O) groups is 1. The van der Waals surface area contributed by atoms with Crippen molar-refractivity contribution in [3.05, 3.63) is 35.9 Å². The largest absolute Gasteiger partial charge is 0.356 e. The van der Waals surface area contributed by atoms with Gasteiger partial charge in [0.2, 0.25) is 5.91 Å². The fourth-order valence-corrected chi connectivity index (χ4v) is 4.20. The molecular formula is C24H41N5O. The Morgan fingerprint density at radius 1 is 1.10 bits per heavy atom. The van der Waals surface area contributed by atoms with Crippen molar-refractivity contribution in [2.75, 3.05) is 39.8 Å². The molecule has 6 nitrogen and oxygen atoms in total. The second kappa shape index (κ2) is 12.6. The smallest absolute Gasteiger partial charge is 0.234 e. The van der Waals surface area contributed by atoms with Gasteiger partial charge in [0, 0.05) is 44.7 Å². The third-order valence-electron chi connectivity index (χ3n) is 6.43. The summed E-state index contributed by atoms with van der Waals surface area (Å²) in [6.07, 6.45) is 5.18. The molecule has 0 saturated carbocycles. The Hall–Kier alpha value is -2.08. The lowest BCUT2D eigenvalue weighted by molar-refractivity contribution is -0.122. The van der Waals surface area contributed by atoms with Crippen LogP contribution in [0.5, 0.6) is 0 Å². The Morgan fingerprint density at radius 2 is 1.77 bits per heavy atom. The maximum Gasteiger partial charge on any atom is 0.234 e. The molecule has 0 spiro atoms. The fourth-order valence-electron chi connectivity index (χ4n) is 4.20. The molecule has 6 heteroatoms. The number of piperidine rings is 1. The molecule has 1 aromatic carbocycles. The molecule has 0 aliphatic carbocycles. The molecule has 0 unspecified atom stereocenters. The van der Waals surface area contributed by atoms with Gasteiger partial charge in [0.15, 0.2) is 5.96 Å². The van der Waals surface area contributed by atoms with Gasteiger partial charge in [-0.1, -0.05) is 51.1 Å². The zero-order valence-electron chi connectivity index (χ0n) is 19.3. The first-order valence-corrected chi connectivity index (χ1v) is 11.6. The van der Waals surface area contributed by atoms with Gasteiger partial charge in [-0.2, -0.15) is 0 Å². The fraction of sp³-hybridized carbons (Fsp3) is 0.667. The number of hydrogen-bond acceptors (Lipinski definition) is 3. The lowest BCUT2D eigenvalue weighted by atomic mass is 9.76. The highest BCUT2D eigenvalue weighted by Gasteiger charge is 2.29. The number of aliphatic imine (C=N–C) groups is 1. The zero-order chi connectivity index (χ0) is 21.8. The van der Waals surface area contributed by atoms with Gasteiger partial charge in [-0.15, -0.1) is 0 Å². The molecule has 3 N–H and O–H groups in total. The third kappa shape index (κ3) is 7.01. The predicted molar refractivity (Wildman–Crippen MR) is 126 cm³/mol. The van der Waals surface area contributed by atoms with Crippen LogP contribution in [-0.4, -0.2) is 62.6 Å². The first kappa shape index (κ1) is 24.2. The van der Waals surface area contributed by atoms with Crippen LogP contribution in [0.25, 0.3) is 0 Å². The topological polar surface area (TPSA) is 68.8 Å². The first-order chi connectivity index (χ1) is 14.6. The molecule has 0 bridgehead atoms. The van der Waals surface area contributed by atoms with Crippen molar-refractivity contribution in [2.24, 2.45) is 4.99 Å². The van der Waals surface area contributed by atoms with Crippen LogP contribution < -0.4 is 16.0 Å². The molecule has 0 atom stereocenters. The third-order valence-corrected chi connectivity index (χ3v) is 6.43. The molecule has 1 saturated heterocycles. The van der Waals surface area contributed by atoms with Gasteiger partial charge >= 0.3 is 0 Å². The van der Waals surface area contributed by atoms with Gasteiger partial charge in [-0.25, -0.2) is 0 Å². The number of rotatable bonds is 10. The number of nitrogens with zero attached hydrogens (tertiary/aromatic N) is 2. The summed E-state index contributed by atoms with van der Waals surface area (Å²) >= 11 is 0. The quantitative estimate of drug-likeness (QED) is 0.406. The van der Waals surface area contributed by atoms with Crippen molar-refractivity contribution in [1.82, 2.24) is 20.9 Å². The minimum Gasteiger partial charge on any atom is -0.356 e. The summed E-state index contributed by atoms with van der Waals surface area (Å²) in [5, 5.41) is 10.1. The van der Waals surface area contributed by atoms with E-state index < -0.39 is 0 Å². The van der Waals surface area contributed by atoms with Gasteiger partial charge in [0.05, 0.1) is 6.54 Å². The average molecular weight is 416 g/mol. The van der Waals surface area contributed by atoms with Crippen LogP contribution in [0, 0.1) is 0 Å². The molecule has 1 aromatic rings. The zero-order valence-corrected chi connectivity index (χ0v) is 19.3. The molecule has 168 valence electrons. The monoisotopic (exact) mass is 415 g/mol. The van der Waals surface area contributed by atoms with Gasteiger partial charge in [-0.3, -0.25) is 14.7 Å². The minimum absolute atomic E-state index is 0.105. The van der Waals surface area contributed by atoms with E-state index in [1.54, 1.807) is 0 Å². The van der Waals surface area contributed by atoms with Crippen LogP contribution in [0.3, 0.4) is 0 Å². The first-order valence-electron chi connectivity index (χ1n) is 11.6. The summed E-state index contributed by atoms with van der Waals surface area (Å²) in [7, 11) is 1.84. The van der Waals surface area contributed by atoms with Crippen molar-refractivity contribution in [3.8, 4) is 0 Å². The summed E-state index contributed by atoms with van der Waals surface area (Å²) in [4.78, 5) is 18.6. The van der Waals surface area contributed by atoms with Crippen molar-refractivity contribution < 1.29 is 4.79 Å². The molecule has 2 rings (SSSR count). The van der Waals surface area contributed by atoms with Crippen LogP contribution in [0.1, 0.15) is 58.4 Å². The second-order valence-electron chi connectivity index (χ2n) is 8.32. The van der Waals surface area contributed by atoms with Crippen molar-refractivity contribution in [1.29, 1.82) is 0 Å². The molecule has 1 aliphatic rings. The maximum absolute atomic E-state index is 11.9. The van der Waals surface area contributed by atoms with Gasteiger partial charge in [0.1, 0.15) is 0 Å². The maximum atomic E-state index is 11.9. The number of likely N-dealkylation sites (tertiary alicyclic amines) is 1. The molecule has 1 fully saturated rings. The standard InChI is InChI=1S/C24H41N5O/c1-5-15-26-22(30)18-29-16-13-21(14-17-29)28-23(25-4)27-19-24(6-2,7-3)20-11-9-8-10-12-20/h8-12,21H,5-7,13-19H2,1-4H3,(H,26,30)(H2,25,27,28). The van der Waals surface area contributed by atoms with Gasteiger partial charge < -0.3 is 16.0 Å². The van der Waals surface area contributed by atoms with E-state index in [4.69, 9.17) is 0 Å². The number of nitrogens with one attached hydrogen (secondary N) is 3. The van der Waals surface area contributed by atoms with Crippen LogP contribution >= 0.6 is 0 Å². The van der Waals surface area contributed by atoms with E-state index in [0.29, 0.717) is 12.6 Å². The number of amides is 1. The normalized spacial score (nSPS) is 16.3. The lowest BCUT2D eigenvalue weighted by Gasteiger charge is -2.35. The van der Waals surface area contributed by atoms with Crippen molar-refractivity contribution in [2.45, 2.75) is 64.3 Å². The van der Waals surface area contributed by atoms with Gasteiger partial charge in [-0.05, 0) is 37.7 Å². The van der Waals surface area contributed by atoms with E-state index in [-0.39, 0.29) is 11.3 Å². The Kier molecular flexibility index (Phi) is 10.1. The summed E-state index contributed by atoms with van der Waals surface area (Å²) < 4.78 is 0. The van der Waals surface area contributed by atoms with E-state index in [2.05, 4.69) is 76.9 Å². The summed E-state index contributed by atoms with van der Waals surface area (Å²) in [6.45, 7) is 10.6. The SMILES string of the molecule is CCCNC(=O)CN1CCC(NC(=NC)NCC(CC)(CC)c2ccccc2)CC1. The van der Waals surface area contributed by atoms with Crippen LogP contribution in [0.4, 0.5) is 0 Å².